The first-order valence-corrected chi connectivity index (χ1v) is 7.62. The van der Waals surface area contributed by atoms with Crippen molar-refractivity contribution < 1.29 is 18.4 Å². The molecule has 0 atom stereocenters. The van der Waals surface area contributed by atoms with Crippen LogP contribution >= 0.6 is 11.6 Å². The molecule has 2 N–H and O–H groups in total. The number of carbonyl (C=O) groups excluding carboxylic acids is 2. The number of benzene rings is 2. The number of hydrogen-bond donors (Lipinski definition) is 2. The summed E-state index contributed by atoms with van der Waals surface area (Å²) in [6, 6.07) is 13.3. The predicted octanol–water partition coefficient (Wildman–Crippen LogP) is 4.58. The van der Waals surface area contributed by atoms with Crippen LogP contribution in [0.1, 0.15) is 20.9 Å². The molecular weight excluding hydrogens is 347 g/mol. The van der Waals surface area contributed by atoms with Gasteiger partial charge < -0.3 is 15.1 Å². The molecule has 0 aliphatic heterocycles. The molecule has 3 aromatic rings. The molecule has 1 heterocycles. The van der Waals surface area contributed by atoms with Crippen molar-refractivity contribution in [1.82, 2.24) is 0 Å². The summed E-state index contributed by atoms with van der Waals surface area (Å²) < 4.78 is 18.7. The lowest BCUT2D eigenvalue weighted by Gasteiger charge is -2.08. The second-order valence-corrected chi connectivity index (χ2v) is 5.52. The van der Waals surface area contributed by atoms with Gasteiger partial charge in [-0.3, -0.25) is 9.59 Å². The molecule has 5 nitrogen and oxygen atoms in total. The molecule has 0 saturated heterocycles. The van der Waals surface area contributed by atoms with Crippen LogP contribution < -0.4 is 10.6 Å². The summed E-state index contributed by atoms with van der Waals surface area (Å²) in [5, 5.41) is 5.34. The number of furan rings is 1. The molecule has 126 valence electrons. The standard InChI is InChI=1S/C18H12ClFN2O3/c19-12-5-8-15(14(20)10-12)22-17(23)11-3-6-13(7-4-11)21-18(24)16-2-1-9-25-16/h1-10H,(H,21,24)(H,22,23). The first-order valence-electron chi connectivity index (χ1n) is 7.24. The topological polar surface area (TPSA) is 71.3 Å². The van der Waals surface area contributed by atoms with E-state index in [0.717, 1.165) is 6.07 Å². The Kier molecular flexibility index (Phi) is 4.81. The Labute approximate surface area is 147 Å². The van der Waals surface area contributed by atoms with Gasteiger partial charge in [0.25, 0.3) is 11.8 Å². The van der Waals surface area contributed by atoms with Gasteiger partial charge in [-0.25, -0.2) is 4.39 Å². The molecule has 0 aliphatic rings. The maximum absolute atomic E-state index is 13.7. The normalized spacial score (nSPS) is 10.3. The van der Waals surface area contributed by atoms with Gasteiger partial charge >= 0.3 is 0 Å². The number of rotatable bonds is 4. The summed E-state index contributed by atoms with van der Waals surface area (Å²) >= 11 is 5.67. The second-order valence-electron chi connectivity index (χ2n) is 5.09. The highest BCUT2D eigenvalue weighted by atomic mass is 35.5. The fourth-order valence-electron chi connectivity index (χ4n) is 2.09. The summed E-state index contributed by atoms with van der Waals surface area (Å²) in [6.45, 7) is 0. The average molecular weight is 359 g/mol. The molecule has 2 amide bonds. The van der Waals surface area contributed by atoms with E-state index in [-0.39, 0.29) is 16.5 Å². The highest BCUT2D eigenvalue weighted by Gasteiger charge is 2.11. The van der Waals surface area contributed by atoms with Crippen LogP contribution in [-0.4, -0.2) is 11.8 Å². The largest absolute Gasteiger partial charge is 0.459 e. The quantitative estimate of drug-likeness (QED) is 0.717. The van der Waals surface area contributed by atoms with E-state index < -0.39 is 17.6 Å². The summed E-state index contributed by atoms with van der Waals surface area (Å²) in [7, 11) is 0. The fourth-order valence-corrected chi connectivity index (χ4v) is 2.25. The summed E-state index contributed by atoms with van der Waals surface area (Å²) in [5.41, 5.74) is 0.838. The number of nitrogens with one attached hydrogen (secondary N) is 2. The predicted molar refractivity (Wildman–Crippen MR) is 92.5 cm³/mol. The van der Waals surface area contributed by atoms with Gasteiger partial charge in [0, 0.05) is 16.3 Å². The first-order chi connectivity index (χ1) is 12.0. The summed E-state index contributed by atoms with van der Waals surface area (Å²) in [5.74, 6) is -1.32. The number of hydrogen-bond acceptors (Lipinski definition) is 3. The van der Waals surface area contributed by atoms with E-state index in [9.17, 15) is 14.0 Å². The van der Waals surface area contributed by atoms with Crippen molar-refractivity contribution in [2.75, 3.05) is 10.6 Å². The van der Waals surface area contributed by atoms with Crippen LogP contribution in [0.25, 0.3) is 0 Å². The summed E-state index contributed by atoms with van der Waals surface area (Å²) in [6.07, 6.45) is 1.40. The van der Waals surface area contributed by atoms with Crippen molar-refractivity contribution >= 4 is 34.8 Å². The van der Waals surface area contributed by atoms with Crippen LogP contribution in [0, 0.1) is 5.82 Å². The highest BCUT2D eigenvalue weighted by molar-refractivity contribution is 6.30. The Morgan fingerprint density at radius 2 is 1.72 bits per heavy atom. The van der Waals surface area contributed by atoms with Crippen LogP contribution in [-0.2, 0) is 0 Å². The van der Waals surface area contributed by atoms with Crippen molar-refractivity contribution in [1.29, 1.82) is 0 Å². The SMILES string of the molecule is O=C(Nc1ccc(Cl)cc1F)c1ccc(NC(=O)c2ccco2)cc1. The third-order valence-electron chi connectivity index (χ3n) is 3.33. The van der Waals surface area contributed by atoms with Crippen LogP contribution in [0.15, 0.2) is 65.3 Å². The third kappa shape index (κ3) is 4.05. The van der Waals surface area contributed by atoms with E-state index in [0.29, 0.717) is 11.3 Å². The molecule has 0 aliphatic carbocycles. The van der Waals surface area contributed by atoms with Gasteiger partial charge in [0.2, 0.25) is 0 Å². The molecule has 0 saturated carbocycles. The molecule has 0 bridgehead atoms. The average Bonchev–Trinajstić information content (AvgIpc) is 3.13. The van der Waals surface area contributed by atoms with Gasteiger partial charge in [0.1, 0.15) is 5.82 Å². The maximum Gasteiger partial charge on any atom is 0.291 e. The van der Waals surface area contributed by atoms with E-state index in [1.807, 2.05) is 0 Å². The van der Waals surface area contributed by atoms with Crippen molar-refractivity contribution in [2.24, 2.45) is 0 Å². The third-order valence-corrected chi connectivity index (χ3v) is 3.56. The zero-order valence-corrected chi connectivity index (χ0v) is 13.5. The van der Waals surface area contributed by atoms with Crippen molar-refractivity contribution in [3.63, 3.8) is 0 Å². The molecule has 2 aromatic carbocycles. The van der Waals surface area contributed by atoms with Gasteiger partial charge in [-0.15, -0.1) is 0 Å². The maximum atomic E-state index is 13.7. The van der Waals surface area contributed by atoms with E-state index in [1.165, 1.54) is 36.6 Å². The van der Waals surface area contributed by atoms with Crippen molar-refractivity contribution in [3.8, 4) is 0 Å². The molecule has 0 spiro atoms. The Hall–Kier alpha value is -3.12. The Bertz CT molecular complexity index is 909. The lowest BCUT2D eigenvalue weighted by atomic mass is 10.2. The zero-order chi connectivity index (χ0) is 17.8. The van der Waals surface area contributed by atoms with Gasteiger partial charge in [0.15, 0.2) is 5.76 Å². The Balaban J connectivity index is 1.67. The van der Waals surface area contributed by atoms with Crippen LogP contribution in [0.4, 0.5) is 15.8 Å². The number of halogens is 2. The minimum atomic E-state index is -0.622. The van der Waals surface area contributed by atoms with Gasteiger partial charge in [-0.2, -0.15) is 0 Å². The lowest BCUT2D eigenvalue weighted by Crippen LogP contribution is -2.14. The van der Waals surface area contributed by atoms with Crippen LogP contribution in [0.3, 0.4) is 0 Å². The van der Waals surface area contributed by atoms with Crippen LogP contribution in [0.2, 0.25) is 5.02 Å². The minimum absolute atomic E-state index is 0.0320. The molecule has 0 radical (unpaired) electrons. The van der Waals surface area contributed by atoms with Crippen LogP contribution in [0.5, 0.6) is 0 Å². The molecular formula is C18H12ClFN2O3. The number of amides is 2. The van der Waals surface area contributed by atoms with E-state index >= 15 is 0 Å². The Morgan fingerprint density at radius 1 is 0.960 bits per heavy atom. The number of carbonyl (C=O) groups is 2. The van der Waals surface area contributed by atoms with Crippen molar-refractivity contribution in [3.05, 3.63) is 83.0 Å². The molecule has 7 heteroatoms. The monoisotopic (exact) mass is 358 g/mol. The van der Waals surface area contributed by atoms with Gasteiger partial charge in [-0.05, 0) is 54.6 Å². The van der Waals surface area contributed by atoms with E-state index in [4.69, 9.17) is 16.0 Å². The molecule has 0 unspecified atom stereocenters. The molecule has 25 heavy (non-hydrogen) atoms. The fraction of sp³-hybridized carbons (Fsp3) is 0. The first kappa shape index (κ1) is 16.7. The van der Waals surface area contributed by atoms with E-state index in [2.05, 4.69) is 10.6 Å². The van der Waals surface area contributed by atoms with Gasteiger partial charge in [-0.1, -0.05) is 11.6 Å². The number of anilines is 2. The highest BCUT2D eigenvalue weighted by Crippen LogP contribution is 2.20. The second kappa shape index (κ2) is 7.19. The molecule has 1 aromatic heterocycles. The molecule has 0 fully saturated rings. The lowest BCUT2D eigenvalue weighted by molar-refractivity contribution is 0.0995. The van der Waals surface area contributed by atoms with Gasteiger partial charge in [0.05, 0.1) is 12.0 Å². The van der Waals surface area contributed by atoms with E-state index in [1.54, 1.807) is 18.2 Å². The minimum Gasteiger partial charge on any atom is -0.459 e. The van der Waals surface area contributed by atoms with Crippen molar-refractivity contribution in [2.45, 2.75) is 0 Å². The smallest absolute Gasteiger partial charge is 0.291 e. The zero-order valence-electron chi connectivity index (χ0n) is 12.8. The summed E-state index contributed by atoms with van der Waals surface area (Å²) in [4.78, 5) is 24.0. The Morgan fingerprint density at radius 3 is 2.36 bits per heavy atom. The molecule has 3 rings (SSSR count).